The summed E-state index contributed by atoms with van der Waals surface area (Å²) in [5, 5.41) is 3.94. The van der Waals surface area contributed by atoms with Gasteiger partial charge in [0.25, 0.3) is 10.0 Å². The van der Waals surface area contributed by atoms with E-state index >= 15 is 0 Å². The Kier molecular flexibility index (Phi) is 5.05. The highest BCUT2D eigenvalue weighted by Gasteiger charge is 2.20. The van der Waals surface area contributed by atoms with Crippen LogP contribution in [0.4, 0.5) is 10.1 Å². The Morgan fingerprint density at radius 1 is 0.966 bits per heavy atom. The van der Waals surface area contributed by atoms with E-state index in [2.05, 4.69) is 19.8 Å². The summed E-state index contributed by atoms with van der Waals surface area (Å²) in [5.41, 5.74) is 1.67. The number of nitrogens with one attached hydrogen (secondary N) is 1. The number of halogens is 1. The maximum Gasteiger partial charge on any atom is 0.264 e. The van der Waals surface area contributed by atoms with Gasteiger partial charge >= 0.3 is 0 Å². The summed E-state index contributed by atoms with van der Waals surface area (Å²) in [6, 6.07) is 15.5. The van der Waals surface area contributed by atoms with Crippen LogP contribution in [0, 0.1) is 5.82 Å². The van der Waals surface area contributed by atoms with Crippen LogP contribution < -0.4 is 4.72 Å². The number of hydrogen-bond acceptors (Lipinski definition) is 6. The van der Waals surface area contributed by atoms with Crippen LogP contribution in [0.5, 0.6) is 0 Å². The van der Waals surface area contributed by atoms with Crippen LogP contribution in [0.2, 0.25) is 0 Å². The molecule has 0 aliphatic heterocycles. The zero-order valence-electron chi connectivity index (χ0n) is 15.0. The van der Waals surface area contributed by atoms with E-state index in [1.807, 2.05) is 0 Å². The largest absolute Gasteiger partial charge is 0.339 e. The average Bonchev–Trinajstić information content (AvgIpc) is 3.19. The van der Waals surface area contributed by atoms with Gasteiger partial charge in [0, 0.05) is 18.0 Å². The number of hydrogen-bond donors (Lipinski definition) is 1. The van der Waals surface area contributed by atoms with Crippen molar-refractivity contribution in [3.8, 4) is 11.4 Å². The minimum absolute atomic E-state index is 0.202. The zero-order chi connectivity index (χ0) is 20.3. The molecule has 0 aliphatic carbocycles. The van der Waals surface area contributed by atoms with E-state index in [1.165, 1.54) is 18.2 Å². The fourth-order valence-electron chi connectivity index (χ4n) is 2.74. The Labute approximate surface area is 166 Å². The van der Waals surface area contributed by atoms with Crippen molar-refractivity contribution in [2.75, 3.05) is 4.72 Å². The minimum Gasteiger partial charge on any atom is -0.339 e. The zero-order valence-corrected chi connectivity index (χ0v) is 15.8. The van der Waals surface area contributed by atoms with Gasteiger partial charge in [0.15, 0.2) is 0 Å². The Hall–Kier alpha value is -3.59. The molecule has 0 radical (unpaired) electrons. The van der Waals surface area contributed by atoms with Crippen molar-refractivity contribution < 1.29 is 17.3 Å². The second kappa shape index (κ2) is 7.80. The molecule has 0 saturated carbocycles. The molecule has 0 saturated heterocycles. The van der Waals surface area contributed by atoms with Crippen molar-refractivity contribution in [3.05, 3.63) is 90.3 Å². The first-order chi connectivity index (χ1) is 14.0. The standard InChI is InChI=1S/C20H15FN4O3S/c21-16-6-2-4-8-18(16)29(26,27)25-17-7-3-1-5-15(17)13-19-23-20(24-28-19)14-9-11-22-12-10-14/h1-12,25H,13H2. The molecule has 2 heterocycles. The van der Waals surface area contributed by atoms with Crippen LogP contribution in [0.25, 0.3) is 11.4 Å². The first-order valence-electron chi connectivity index (χ1n) is 8.61. The molecule has 4 aromatic rings. The van der Waals surface area contributed by atoms with Gasteiger partial charge in [0.2, 0.25) is 11.7 Å². The fraction of sp³-hybridized carbons (Fsp3) is 0.0500. The monoisotopic (exact) mass is 410 g/mol. The summed E-state index contributed by atoms with van der Waals surface area (Å²) >= 11 is 0. The van der Waals surface area contributed by atoms with Crippen LogP contribution in [0.1, 0.15) is 11.5 Å². The molecular formula is C20H15FN4O3S. The second-order valence-corrected chi connectivity index (χ2v) is 7.77. The molecule has 0 amide bonds. The van der Waals surface area contributed by atoms with Gasteiger partial charge in [-0.05, 0) is 35.9 Å². The van der Waals surface area contributed by atoms with E-state index in [0.717, 1.165) is 11.6 Å². The Morgan fingerprint density at radius 3 is 2.48 bits per heavy atom. The van der Waals surface area contributed by atoms with Crippen LogP contribution in [0.3, 0.4) is 0 Å². The Balaban J connectivity index is 1.60. The molecule has 146 valence electrons. The van der Waals surface area contributed by atoms with Gasteiger partial charge in [-0.3, -0.25) is 9.71 Å². The molecule has 0 unspecified atom stereocenters. The topological polar surface area (TPSA) is 98.0 Å². The first-order valence-corrected chi connectivity index (χ1v) is 10.1. The first kappa shape index (κ1) is 18.8. The van der Waals surface area contributed by atoms with Crippen molar-refractivity contribution in [1.29, 1.82) is 0 Å². The predicted molar refractivity (Wildman–Crippen MR) is 104 cm³/mol. The van der Waals surface area contributed by atoms with Crippen LogP contribution in [-0.4, -0.2) is 23.5 Å². The number of pyridine rings is 1. The smallest absolute Gasteiger partial charge is 0.264 e. The molecule has 0 spiro atoms. The van der Waals surface area contributed by atoms with E-state index in [4.69, 9.17) is 4.52 Å². The van der Waals surface area contributed by atoms with Crippen molar-refractivity contribution in [1.82, 2.24) is 15.1 Å². The highest BCUT2D eigenvalue weighted by molar-refractivity contribution is 7.92. The third-order valence-corrected chi connectivity index (χ3v) is 5.53. The lowest BCUT2D eigenvalue weighted by atomic mass is 10.1. The van der Waals surface area contributed by atoms with Gasteiger partial charge in [-0.2, -0.15) is 4.98 Å². The second-order valence-electron chi connectivity index (χ2n) is 6.12. The number of para-hydroxylation sites is 1. The summed E-state index contributed by atoms with van der Waals surface area (Å²) < 4.78 is 46.9. The van der Waals surface area contributed by atoms with E-state index in [-0.39, 0.29) is 6.42 Å². The van der Waals surface area contributed by atoms with Crippen molar-refractivity contribution in [2.45, 2.75) is 11.3 Å². The summed E-state index contributed by atoms with van der Waals surface area (Å²) in [4.78, 5) is 7.86. The average molecular weight is 410 g/mol. The van der Waals surface area contributed by atoms with Crippen molar-refractivity contribution >= 4 is 15.7 Å². The molecule has 1 N–H and O–H groups in total. The number of aromatic nitrogens is 3. The van der Waals surface area contributed by atoms with E-state index in [9.17, 15) is 12.8 Å². The van der Waals surface area contributed by atoms with Gasteiger partial charge in [0.05, 0.1) is 12.1 Å². The van der Waals surface area contributed by atoms with Crippen molar-refractivity contribution in [3.63, 3.8) is 0 Å². The number of benzene rings is 2. The lowest BCUT2D eigenvalue weighted by Crippen LogP contribution is -2.15. The lowest BCUT2D eigenvalue weighted by molar-refractivity contribution is 0.386. The van der Waals surface area contributed by atoms with Crippen LogP contribution in [0.15, 0.2) is 82.5 Å². The van der Waals surface area contributed by atoms with Gasteiger partial charge in [-0.15, -0.1) is 0 Å². The maximum atomic E-state index is 13.9. The molecule has 7 nitrogen and oxygen atoms in total. The molecule has 4 rings (SSSR count). The summed E-state index contributed by atoms with van der Waals surface area (Å²) in [7, 11) is -4.10. The Morgan fingerprint density at radius 2 is 1.69 bits per heavy atom. The quantitative estimate of drug-likeness (QED) is 0.521. The molecule has 0 fully saturated rings. The number of sulfonamides is 1. The van der Waals surface area contributed by atoms with E-state index in [0.29, 0.717) is 23.0 Å². The molecule has 0 atom stereocenters. The third-order valence-electron chi connectivity index (χ3n) is 4.14. The van der Waals surface area contributed by atoms with Gasteiger partial charge in [-0.25, -0.2) is 12.8 Å². The van der Waals surface area contributed by atoms with Gasteiger partial charge in [0.1, 0.15) is 10.7 Å². The fourth-order valence-corrected chi connectivity index (χ4v) is 3.93. The molecule has 2 aromatic heterocycles. The molecule has 29 heavy (non-hydrogen) atoms. The number of rotatable bonds is 6. The highest BCUT2D eigenvalue weighted by atomic mass is 32.2. The normalized spacial score (nSPS) is 11.3. The van der Waals surface area contributed by atoms with Crippen LogP contribution >= 0.6 is 0 Å². The number of anilines is 1. The predicted octanol–water partition coefficient (Wildman–Crippen LogP) is 3.66. The van der Waals surface area contributed by atoms with Gasteiger partial charge < -0.3 is 4.52 Å². The number of nitrogens with zero attached hydrogens (tertiary/aromatic N) is 3. The maximum absolute atomic E-state index is 13.9. The summed E-state index contributed by atoms with van der Waals surface area (Å²) in [5.74, 6) is -0.0995. The van der Waals surface area contributed by atoms with Crippen LogP contribution in [-0.2, 0) is 16.4 Å². The van der Waals surface area contributed by atoms with Crippen molar-refractivity contribution in [2.24, 2.45) is 0 Å². The molecule has 0 aliphatic rings. The van der Waals surface area contributed by atoms with E-state index in [1.54, 1.807) is 48.8 Å². The Bertz CT molecular complexity index is 1240. The van der Waals surface area contributed by atoms with Gasteiger partial charge in [-0.1, -0.05) is 35.5 Å². The third kappa shape index (κ3) is 4.14. The summed E-state index contributed by atoms with van der Waals surface area (Å²) in [6.07, 6.45) is 3.45. The minimum atomic E-state index is -4.10. The molecular weight excluding hydrogens is 395 g/mol. The summed E-state index contributed by atoms with van der Waals surface area (Å²) in [6.45, 7) is 0. The molecule has 2 aromatic carbocycles. The molecule has 9 heteroatoms. The lowest BCUT2D eigenvalue weighted by Gasteiger charge is -2.12. The SMILES string of the molecule is O=S(=O)(Nc1ccccc1Cc1nc(-c2ccncc2)no1)c1ccccc1F. The highest BCUT2D eigenvalue weighted by Crippen LogP contribution is 2.24. The van der Waals surface area contributed by atoms with E-state index < -0.39 is 20.7 Å². The molecule has 0 bridgehead atoms.